The van der Waals surface area contributed by atoms with Crippen LogP contribution >= 0.6 is 11.8 Å². The second kappa shape index (κ2) is 6.48. The van der Waals surface area contributed by atoms with Crippen molar-refractivity contribution in [3.8, 4) is 5.75 Å². The van der Waals surface area contributed by atoms with E-state index in [0.717, 1.165) is 18.2 Å². The van der Waals surface area contributed by atoms with Gasteiger partial charge < -0.3 is 10.1 Å². The number of benzene rings is 1. The summed E-state index contributed by atoms with van der Waals surface area (Å²) in [6.45, 7) is 3.40. The highest BCUT2D eigenvalue weighted by atomic mass is 32.2. The van der Waals surface area contributed by atoms with Crippen molar-refractivity contribution >= 4 is 11.8 Å². The fraction of sp³-hybridized carbons (Fsp3) is 0.600. The minimum absolute atomic E-state index is 0.713. The fourth-order valence-corrected chi connectivity index (χ4v) is 2.61. The van der Waals surface area contributed by atoms with Crippen LogP contribution in [0.25, 0.3) is 0 Å². The highest BCUT2D eigenvalue weighted by molar-refractivity contribution is 7.99. The Bertz CT molecular complexity index is 359. The largest absolute Gasteiger partial charge is 0.497 e. The quantitative estimate of drug-likeness (QED) is 0.853. The summed E-state index contributed by atoms with van der Waals surface area (Å²) < 4.78 is 5.18. The molecule has 1 N–H and O–H groups in total. The zero-order valence-corrected chi connectivity index (χ0v) is 12.3. The lowest BCUT2D eigenvalue weighted by Gasteiger charge is -2.37. The van der Waals surface area contributed by atoms with Gasteiger partial charge in [0.05, 0.1) is 7.11 Å². The van der Waals surface area contributed by atoms with Crippen molar-refractivity contribution in [1.82, 2.24) is 5.32 Å². The molecule has 1 saturated carbocycles. The topological polar surface area (TPSA) is 21.3 Å². The molecule has 1 aromatic carbocycles. The predicted molar refractivity (Wildman–Crippen MR) is 79.7 cm³/mol. The molecule has 0 aliphatic heterocycles. The maximum atomic E-state index is 5.18. The summed E-state index contributed by atoms with van der Waals surface area (Å²) in [5.74, 6) is 1.68. The second-order valence-corrected chi connectivity index (χ2v) is 6.37. The summed E-state index contributed by atoms with van der Waals surface area (Å²) in [7, 11) is 1.71. The summed E-state index contributed by atoms with van der Waals surface area (Å²) in [6.07, 6.45) is 4.72. The Balaban J connectivity index is 1.74. The molecule has 0 amide bonds. The Kier molecular flexibility index (Phi) is 4.95. The molecule has 1 aliphatic carbocycles. The molecule has 0 radical (unpaired) electrons. The molecule has 1 atom stereocenters. The summed E-state index contributed by atoms with van der Waals surface area (Å²) in [5.41, 5.74) is 1.45. The molecule has 0 spiro atoms. The van der Waals surface area contributed by atoms with Crippen molar-refractivity contribution in [2.75, 3.05) is 19.9 Å². The Morgan fingerprint density at radius 3 is 2.56 bits per heavy atom. The maximum Gasteiger partial charge on any atom is 0.118 e. The van der Waals surface area contributed by atoms with Crippen molar-refractivity contribution in [3.63, 3.8) is 0 Å². The minimum Gasteiger partial charge on any atom is -0.497 e. The van der Waals surface area contributed by atoms with E-state index in [1.54, 1.807) is 7.11 Å². The van der Waals surface area contributed by atoms with Gasteiger partial charge in [-0.3, -0.25) is 0 Å². The standard InChI is InChI=1S/C15H23NOS/c1-11(18-3)10-16-14-8-13(9-14)12-4-6-15(17-2)7-5-12/h4-7,11,13-14,16H,8-10H2,1-3H3. The zero-order valence-electron chi connectivity index (χ0n) is 11.5. The van der Waals surface area contributed by atoms with E-state index in [-0.39, 0.29) is 0 Å². The number of rotatable bonds is 6. The number of ether oxygens (including phenoxy) is 1. The molecule has 1 unspecified atom stereocenters. The summed E-state index contributed by atoms with van der Waals surface area (Å²) in [5, 5.41) is 4.36. The lowest BCUT2D eigenvalue weighted by atomic mass is 9.76. The van der Waals surface area contributed by atoms with Crippen LogP contribution < -0.4 is 10.1 Å². The maximum absolute atomic E-state index is 5.18. The molecule has 0 heterocycles. The smallest absolute Gasteiger partial charge is 0.118 e. The molecule has 100 valence electrons. The third-order valence-electron chi connectivity index (χ3n) is 3.82. The molecule has 1 aromatic rings. The Morgan fingerprint density at radius 2 is 2.00 bits per heavy atom. The van der Waals surface area contributed by atoms with Gasteiger partial charge in [0.2, 0.25) is 0 Å². The van der Waals surface area contributed by atoms with E-state index in [9.17, 15) is 0 Å². The van der Waals surface area contributed by atoms with Crippen LogP contribution in [0.1, 0.15) is 31.2 Å². The van der Waals surface area contributed by atoms with Crippen molar-refractivity contribution < 1.29 is 4.74 Å². The molecule has 18 heavy (non-hydrogen) atoms. The van der Waals surface area contributed by atoms with Crippen LogP contribution in [0.4, 0.5) is 0 Å². The third-order valence-corrected chi connectivity index (χ3v) is 4.79. The number of methoxy groups -OCH3 is 1. The van der Waals surface area contributed by atoms with E-state index in [2.05, 4.69) is 42.8 Å². The van der Waals surface area contributed by atoms with E-state index in [1.807, 2.05) is 11.8 Å². The number of hydrogen-bond acceptors (Lipinski definition) is 3. The van der Waals surface area contributed by atoms with Gasteiger partial charge in [-0.2, -0.15) is 11.8 Å². The van der Waals surface area contributed by atoms with Gasteiger partial charge in [-0.25, -0.2) is 0 Å². The fourth-order valence-electron chi connectivity index (χ4n) is 2.35. The lowest BCUT2D eigenvalue weighted by Crippen LogP contribution is -2.42. The molecular weight excluding hydrogens is 242 g/mol. The Morgan fingerprint density at radius 1 is 1.33 bits per heavy atom. The lowest BCUT2D eigenvalue weighted by molar-refractivity contribution is 0.292. The molecule has 2 nitrogen and oxygen atoms in total. The molecular formula is C15H23NOS. The summed E-state index contributed by atoms with van der Waals surface area (Å²) in [6, 6.07) is 9.23. The van der Waals surface area contributed by atoms with E-state index in [1.165, 1.54) is 18.4 Å². The highest BCUT2D eigenvalue weighted by Gasteiger charge is 2.29. The summed E-state index contributed by atoms with van der Waals surface area (Å²) in [4.78, 5) is 0. The van der Waals surface area contributed by atoms with Gasteiger partial charge in [-0.1, -0.05) is 19.1 Å². The SMILES string of the molecule is COc1ccc(C2CC(NCC(C)SC)C2)cc1. The average Bonchev–Trinajstić information content (AvgIpc) is 2.37. The van der Waals surface area contributed by atoms with Crippen LogP contribution in [0.5, 0.6) is 5.75 Å². The van der Waals surface area contributed by atoms with Crippen molar-refractivity contribution in [3.05, 3.63) is 29.8 Å². The van der Waals surface area contributed by atoms with Crippen molar-refractivity contribution in [1.29, 1.82) is 0 Å². The van der Waals surface area contributed by atoms with E-state index >= 15 is 0 Å². The van der Waals surface area contributed by atoms with Crippen LogP contribution in [0.3, 0.4) is 0 Å². The second-order valence-electron chi connectivity index (χ2n) is 5.09. The monoisotopic (exact) mass is 265 g/mol. The van der Waals surface area contributed by atoms with Crippen LogP contribution in [0.2, 0.25) is 0 Å². The van der Waals surface area contributed by atoms with Gasteiger partial charge in [-0.15, -0.1) is 0 Å². The van der Waals surface area contributed by atoms with E-state index < -0.39 is 0 Å². The Hall–Kier alpha value is -0.670. The number of nitrogens with one attached hydrogen (secondary N) is 1. The highest BCUT2D eigenvalue weighted by Crippen LogP contribution is 2.37. The summed E-state index contributed by atoms with van der Waals surface area (Å²) >= 11 is 1.93. The van der Waals surface area contributed by atoms with E-state index in [0.29, 0.717) is 11.3 Å². The van der Waals surface area contributed by atoms with Gasteiger partial charge in [0.15, 0.2) is 0 Å². The zero-order chi connectivity index (χ0) is 13.0. The van der Waals surface area contributed by atoms with Gasteiger partial charge in [0.25, 0.3) is 0 Å². The molecule has 0 bridgehead atoms. The molecule has 0 saturated heterocycles. The van der Waals surface area contributed by atoms with Gasteiger partial charge in [-0.05, 0) is 42.7 Å². The van der Waals surface area contributed by atoms with Crippen LogP contribution in [0.15, 0.2) is 24.3 Å². The first-order chi connectivity index (χ1) is 8.72. The third kappa shape index (κ3) is 3.42. The Labute approximate surface area is 114 Å². The first-order valence-electron chi connectivity index (χ1n) is 6.63. The number of thioether (sulfide) groups is 1. The number of hydrogen-bond donors (Lipinski definition) is 1. The minimum atomic E-state index is 0.713. The van der Waals surface area contributed by atoms with Gasteiger partial charge in [0.1, 0.15) is 5.75 Å². The molecule has 2 rings (SSSR count). The van der Waals surface area contributed by atoms with Crippen molar-refractivity contribution in [2.24, 2.45) is 0 Å². The first-order valence-corrected chi connectivity index (χ1v) is 7.92. The molecule has 0 aromatic heterocycles. The van der Waals surface area contributed by atoms with Crippen LogP contribution in [-0.2, 0) is 0 Å². The first kappa shape index (κ1) is 13.8. The normalized spacial score (nSPS) is 24.4. The van der Waals surface area contributed by atoms with E-state index in [4.69, 9.17) is 4.74 Å². The average molecular weight is 265 g/mol. The molecule has 1 aliphatic rings. The molecule has 3 heteroatoms. The van der Waals surface area contributed by atoms with Gasteiger partial charge >= 0.3 is 0 Å². The predicted octanol–water partition coefficient (Wildman–Crippen LogP) is 3.28. The van der Waals surface area contributed by atoms with Crippen LogP contribution in [-0.4, -0.2) is 31.2 Å². The van der Waals surface area contributed by atoms with Crippen LogP contribution in [0, 0.1) is 0 Å². The van der Waals surface area contributed by atoms with Gasteiger partial charge in [0, 0.05) is 17.8 Å². The molecule has 1 fully saturated rings. The van der Waals surface area contributed by atoms with Crippen molar-refractivity contribution in [2.45, 2.75) is 37.0 Å².